The molecule has 3 rings (SSSR count). The molecule has 0 saturated carbocycles. The zero-order valence-corrected chi connectivity index (χ0v) is 13.7. The van der Waals surface area contributed by atoms with E-state index in [1.54, 1.807) is 6.92 Å². The molecule has 0 saturated heterocycles. The van der Waals surface area contributed by atoms with Gasteiger partial charge in [-0.25, -0.2) is 14.8 Å². The molecule has 2 heterocycles. The van der Waals surface area contributed by atoms with E-state index >= 15 is 0 Å². The second-order valence-corrected chi connectivity index (χ2v) is 5.91. The Hall–Kier alpha value is -2.47. The van der Waals surface area contributed by atoms with Crippen molar-refractivity contribution in [1.82, 2.24) is 9.97 Å². The van der Waals surface area contributed by atoms with Crippen molar-refractivity contribution in [1.29, 1.82) is 0 Å². The van der Waals surface area contributed by atoms with E-state index in [1.165, 1.54) is 17.7 Å². The average Bonchev–Trinajstić information content (AvgIpc) is 2.92. The third-order valence-corrected chi connectivity index (χ3v) is 4.55. The maximum Gasteiger partial charge on any atom is 0.348 e. The van der Waals surface area contributed by atoms with Gasteiger partial charge < -0.3 is 9.47 Å². The van der Waals surface area contributed by atoms with E-state index in [1.807, 2.05) is 37.3 Å². The molecule has 0 spiro atoms. The van der Waals surface area contributed by atoms with Crippen LogP contribution in [0.4, 0.5) is 0 Å². The second kappa shape index (κ2) is 6.75. The van der Waals surface area contributed by atoms with E-state index in [4.69, 9.17) is 9.47 Å². The van der Waals surface area contributed by atoms with Crippen LogP contribution in [0, 0.1) is 6.92 Å². The summed E-state index contributed by atoms with van der Waals surface area (Å²) in [6.07, 6.45) is 1.45. The Balaban J connectivity index is 1.93. The summed E-state index contributed by atoms with van der Waals surface area (Å²) >= 11 is 1.30. The molecule has 0 aliphatic carbocycles. The van der Waals surface area contributed by atoms with Gasteiger partial charge in [-0.05, 0) is 25.0 Å². The van der Waals surface area contributed by atoms with Gasteiger partial charge in [-0.2, -0.15) is 0 Å². The normalized spacial score (nSPS) is 10.7. The van der Waals surface area contributed by atoms with Crippen LogP contribution >= 0.6 is 11.3 Å². The van der Waals surface area contributed by atoms with E-state index < -0.39 is 0 Å². The lowest BCUT2D eigenvalue weighted by atomic mass is 10.2. The number of nitrogens with zero attached hydrogens (tertiary/aromatic N) is 2. The van der Waals surface area contributed by atoms with Crippen LogP contribution in [0.1, 0.15) is 27.7 Å². The summed E-state index contributed by atoms with van der Waals surface area (Å²) in [7, 11) is 0. The van der Waals surface area contributed by atoms with Crippen LogP contribution in [0.3, 0.4) is 0 Å². The van der Waals surface area contributed by atoms with Crippen LogP contribution in [-0.4, -0.2) is 22.5 Å². The fraction of sp³-hybridized carbons (Fsp3) is 0.235. The molecule has 3 aromatic rings. The molecule has 1 aromatic carbocycles. The van der Waals surface area contributed by atoms with Gasteiger partial charge in [0.1, 0.15) is 22.6 Å². The van der Waals surface area contributed by atoms with E-state index in [0.29, 0.717) is 24.0 Å². The van der Waals surface area contributed by atoms with Crippen molar-refractivity contribution in [2.75, 3.05) is 6.61 Å². The molecule has 0 atom stereocenters. The van der Waals surface area contributed by atoms with E-state index in [2.05, 4.69) is 9.97 Å². The number of ether oxygens (including phenoxy) is 2. The van der Waals surface area contributed by atoms with Crippen LogP contribution < -0.4 is 4.74 Å². The van der Waals surface area contributed by atoms with Gasteiger partial charge in [0.25, 0.3) is 0 Å². The Kier molecular flexibility index (Phi) is 4.52. The number of aromatic nitrogens is 2. The second-order valence-electron chi connectivity index (χ2n) is 4.91. The fourth-order valence-electron chi connectivity index (χ4n) is 2.27. The predicted molar refractivity (Wildman–Crippen MR) is 88.9 cm³/mol. The van der Waals surface area contributed by atoms with Crippen LogP contribution in [0.2, 0.25) is 0 Å². The number of rotatable bonds is 5. The maximum atomic E-state index is 12.0. The van der Waals surface area contributed by atoms with Crippen molar-refractivity contribution in [3.8, 4) is 5.88 Å². The van der Waals surface area contributed by atoms with Crippen LogP contribution in [0.25, 0.3) is 10.2 Å². The van der Waals surface area contributed by atoms with Crippen molar-refractivity contribution in [2.45, 2.75) is 20.5 Å². The van der Waals surface area contributed by atoms with E-state index in [0.717, 1.165) is 21.3 Å². The minimum Gasteiger partial charge on any atom is -0.472 e. The summed E-state index contributed by atoms with van der Waals surface area (Å²) in [6.45, 7) is 4.41. The first-order chi connectivity index (χ1) is 11.2. The maximum absolute atomic E-state index is 12.0. The number of hydrogen-bond donors (Lipinski definition) is 0. The van der Waals surface area contributed by atoms with Gasteiger partial charge in [0.2, 0.25) is 5.88 Å². The molecular formula is C17H16N2O3S. The largest absolute Gasteiger partial charge is 0.472 e. The first kappa shape index (κ1) is 15.4. The summed E-state index contributed by atoms with van der Waals surface area (Å²) in [4.78, 5) is 21.8. The Morgan fingerprint density at radius 1 is 1.22 bits per heavy atom. The van der Waals surface area contributed by atoms with Crippen molar-refractivity contribution in [3.63, 3.8) is 0 Å². The molecular weight excluding hydrogens is 312 g/mol. The zero-order chi connectivity index (χ0) is 16.2. The SMILES string of the molecule is CCOC(=O)c1sc2ncnc(OCc3ccccc3)c2c1C. The van der Waals surface area contributed by atoms with E-state index in [-0.39, 0.29) is 5.97 Å². The first-order valence-electron chi connectivity index (χ1n) is 7.28. The molecule has 0 aliphatic rings. The quantitative estimate of drug-likeness (QED) is 0.667. The lowest BCUT2D eigenvalue weighted by molar-refractivity contribution is 0.0531. The number of benzene rings is 1. The van der Waals surface area contributed by atoms with Crippen LogP contribution in [-0.2, 0) is 11.3 Å². The summed E-state index contributed by atoms with van der Waals surface area (Å²) in [5.74, 6) is 0.158. The summed E-state index contributed by atoms with van der Waals surface area (Å²) in [6, 6.07) is 9.86. The molecule has 2 aromatic heterocycles. The third-order valence-electron chi connectivity index (χ3n) is 3.37. The molecule has 6 heteroatoms. The molecule has 118 valence electrons. The molecule has 0 aliphatic heterocycles. The number of hydrogen-bond acceptors (Lipinski definition) is 6. The molecule has 23 heavy (non-hydrogen) atoms. The lowest BCUT2D eigenvalue weighted by Gasteiger charge is -2.06. The minimum atomic E-state index is -0.331. The first-order valence-corrected chi connectivity index (χ1v) is 8.10. The highest BCUT2D eigenvalue weighted by atomic mass is 32.1. The Labute approximate surface area is 137 Å². The molecule has 0 fully saturated rings. The molecule has 0 amide bonds. The summed E-state index contributed by atoms with van der Waals surface area (Å²) in [5, 5.41) is 0.775. The van der Waals surface area contributed by atoms with Crippen molar-refractivity contribution >= 4 is 27.5 Å². The highest BCUT2D eigenvalue weighted by Crippen LogP contribution is 2.35. The third kappa shape index (κ3) is 3.17. The Bertz CT molecular complexity index is 830. The minimum absolute atomic E-state index is 0.331. The van der Waals surface area contributed by atoms with Gasteiger partial charge in [-0.1, -0.05) is 30.3 Å². The summed E-state index contributed by atoms with van der Waals surface area (Å²) in [5.41, 5.74) is 1.85. The summed E-state index contributed by atoms with van der Waals surface area (Å²) < 4.78 is 10.9. The fourth-order valence-corrected chi connectivity index (χ4v) is 3.30. The molecule has 0 N–H and O–H groups in total. The molecule has 0 bridgehead atoms. The van der Waals surface area contributed by atoms with Crippen molar-refractivity contribution in [2.24, 2.45) is 0 Å². The Morgan fingerprint density at radius 2 is 2.00 bits per heavy atom. The number of fused-ring (bicyclic) bond motifs is 1. The average molecular weight is 328 g/mol. The number of carbonyl (C=O) groups excluding carboxylic acids is 1. The molecule has 5 nitrogen and oxygen atoms in total. The van der Waals surface area contributed by atoms with Gasteiger partial charge in [0, 0.05) is 0 Å². The predicted octanol–water partition coefficient (Wildman–Crippen LogP) is 3.76. The number of aryl methyl sites for hydroxylation is 1. The van der Waals surface area contributed by atoms with Gasteiger partial charge in [0.15, 0.2) is 0 Å². The number of carbonyl (C=O) groups is 1. The Morgan fingerprint density at radius 3 is 2.74 bits per heavy atom. The highest BCUT2D eigenvalue weighted by Gasteiger charge is 2.20. The van der Waals surface area contributed by atoms with Gasteiger partial charge in [-0.3, -0.25) is 0 Å². The van der Waals surface area contributed by atoms with Crippen molar-refractivity contribution in [3.05, 3.63) is 52.7 Å². The van der Waals surface area contributed by atoms with Crippen LogP contribution in [0.15, 0.2) is 36.7 Å². The van der Waals surface area contributed by atoms with Crippen molar-refractivity contribution < 1.29 is 14.3 Å². The monoisotopic (exact) mass is 328 g/mol. The smallest absolute Gasteiger partial charge is 0.348 e. The number of thiophene rings is 1. The van der Waals surface area contributed by atoms with Crippen LogP contribution in [0.5, 0.6) is 5.88 Å². The van der Waals surface area contributed by atoms with Gasteiger partial charge >= 0.3 is 5.97 Å². The lowest BCUT2D eigenvalue weighted by Crippen LogP contribution is -2.03. The topological polar surface area (TPSA) is 61.3 Å². The molecule has 0 unspecified atom stereocenters. The standard InChI is InChI=1S/C17H16N2O3S/c1-3-21-17(20)14-11(2)13-15(18-10-19-16(13)23-14)22-9-12-7-5-4-6-8-12/h4-8,10H,3,9H2,1-2H3. The van der Waals surface area contributed by atoms with Gasteiger partial charge in [-0.15, -0.1) is 11.3 Å². The highest BCUT2D eigenvalue weighted by molar-refractivity contribution is 7.20. The molecule has 0 radical (unpaired) electrons. The van der Waals surface area contributed by atoms with Gasteiger partial charge in [0.05, 0.1) is 12.0 Å². The number of esters is 1. The van der Waals surface area contributed by atoms with E-state index in [9.17, 15) is 4.79 Å². The zero-order valence-electron chi connectivity index (χ0n) is 12.9.